The van der Waals surface area contributed by atoms with Gasteiger partial charge in [-0.05, 0) is 18.6 Å². The Morgan fingerprint density at radius 2 is 1.67 bits per heavy atom. The minimum atomic E-state index is 0.0179. The van der Waals surface area contributed by atoms with E-state index in [1.54, 1.807) is 0 Å². The number of unbranched alkanes of at least 4 members (excludes halogenated alkanes) is 2. The summed E-state index contributed by atoms with van der Waals surface area (Å²) in [5.74, 6) is 0.960. The second-order valence-corrected chi connectivity index (χ2v) is 4.66. The zero-order valence-electron chi connectivity index (χ0n) is 7.19. The van der Waals surface area contributed by atoms with Gasteiger partial charge in [0.15, 0.2) is 0 Å². The molecule has 0 aliphatic carbocycles. The van der Waals surface area contributed by atoms with Crippen molar-refractivity contribution in [2.45, 2.75) is 36.2 Å². The normalized spacial score (nSPS) is 16.0. The van der Waals surface area contributed by atoms with Crippen LogP contribution in [0.3, 0.4) is 0 Å². The van der Waals surface area contributed by atoms with Crippen molar-refractivity contribution in [2.75, 3.05) is 12.4 Å². The number of aliphatic hydroxyl groups is 1. The number of hydrogen-bond acceptors (Lipinski definition) is 4. The molecule has 0 aromatic heterocycles. The quantitative estimate of drug-likeness (QED) is 0.387. The Morgan fingerprint density at radius 1 is 1.00 bits per heavy atom. The third-order valence-corrected chi connectivity index (χ3v) is 3.48. The van der Waals surface area contributed by atoms with Crippen molar-refractivity contribution in [1.82, 2.24) is 0 Å². The molecule has 1 nitrogen and oxygen atoms in total. The van der Waals surface area contributed by atoms with Crippen LogP contribution in [-0.2, 0) is 0 Å². The second kappa shape index (κ2) is 8.60. The molecule has 4 heteroatoms. The first-order valence-electron chi connectivity index (χ1n) is 4.30. The monoisotopic (exact) mass is 226 g/mol. The molecule has 12 heavy (non-hydrogen) atoms. The summed E-state index contributed by atoms with van der Waals surface area (Å²) < 4.78 is 0. The summed E-state index contributed by atoms with van der Waals surface area (Å²) in [6.45, 7) is 0.115. The van der Waals surface area contributed by atoms with Crippen LogP contribution in [-0.4, -0.2) is 28.0 Å². The lowest BCUT2D eigenvalue weighted by molar-refractivity contribution is 0.291. The summed E-state index contributed by atoms with van der Waals surface area (Å²) in [6, 6.07) is 0. The lowest BCUT2D eigenvalue weighted by Crippen LogP contribution is -2.19. The van der Waals surface area contributed by atoms with Crippen LogP contribution in [0.2, 0.25) is 0 Å². The number of hydrogen-bond donors (Lipinski definition) is 4. The fraction of sp³-hybridized carbons (Fsp3) is 1.00. The summed E-state index contributed by atoms with van der Waals surface area (Å²) in [6.07, 6.45) is 4.56. The first kappa shape index (κ1) is 13.0. The van der Waals surface area contributed by atoms with E-state index in [9.17, 15) is 0 Å². The van der Waals surface area contributed by atoms with E-state index in [0.717, 1.165) is 18.6 Å². The summed E-state index contributed by atoms with van der Waals surface area (Å²) in [5.41, 5.74) is 0. The molecule has 0 rings (SSSR count). The summed E-state index contributed by atoms with van der Waals surface area (Å²) in [7, 11) is 0. The smallest absolute Gasteiger partial charge is 0.0558 e. The standard InChI is InChI=1S/C8H18OS3/c9-6-8(12)7(11)4-2-1-3-5-10/h7-12H,1-6H2. The van der Waals surface area contributed by atoms with Crippen molar-refractivity contribution < 1.29 is 5.11 Å². The first-order chi connectivity index (χ1) is 5.72. The molecule has 0 amide bonds. The van der Waals surface area contributed by atoms with Gasteiger partial charge in [0.05, 0.1) is 6.61 Å². The highest BCUT2D eigenvalue weighted by Gasteiger charge is 2.11. The molecule has 0 radical (unpaired) electrons. The molecule has 0 fully saturated rings. The van der Waals surface area contributed by atoms with E-state index in [-0.39, 0.29) is 17.1 Å². The Hall–Kier alpha value is 1.01. The van der Waals surface area contributed by atoms with Crippen molar-refractivity contribution >= 4 is 37.9 Å². The number of aliphatic hydroxyl groups excluding tert-OH is 1. The van der Waals surface area contributed by atoms with Gasteiger partial charge >= 0.3 is 0 Å². The Kier molecular flexibility index (Phi) is 9.33. The van der Waals surface area contributed by atoms with E-state index in [4.69, 9.17) is 5.11 Å². The van der Waals surface area contributed by atoms with Crippen LogP contribution in [0.25, 0.3) is 0 Å². The van der Waals surface area contributed by atoms with Gasteiger partial charge in [0.1, 0.15) is 0 Å². The van der Waals surface area contributed by atoms with Crippen molar-refractivity contribution in [3.63, 3.8) is 0 Å². The molecule has 1 N–H and O–H groups in total. The minimum Gasteiger partial charge on any atom is -0.395 e. The Balaban J connectivity index is 3.24. The SMILES string of the molecule is OCC(S)C(S)CCCCCS. The Labute approximate surface area is 91.6 Å². The fourth-order valence-electron chi connectivity index (χ4n) is 0.956. The van der Waals surface area contributed by atoms with Gasteiger partial charge < -0.3 is 5.11 Å². The molecule has 0 aliphatic rings. The molecule has 2 atom stereocenters. The van der Waals surface area contributed by atoms with E-state index in [1.165, 1.54) is 12.8 Å². The third-order valence-electron chi connectivity index (χ3n) is 1.79. The molecule has 0 aromatic carbocycles. The second-order valence-electron chi connectivity index (χ2n) is 2.89. The molecule has 0 saturated carbocycles. The largest absolute Gasteiger partial charge is 0.395 e. The van der Waals surface area contributed by atoms with Crippen molar-refractivity contribution in [3.05, 3.63) is 0 Å². The third kappa shape index (κ3) is 6.52. The van der Waals surface area contributed by atoms with Crippen LogP contribution in [0.1, 0.15) is 25.7 Å². The summed E-state index contributed by atoms with van der Waals surface area (Å²) in [5, 5.41) is 9.01. The summed E-state index contributed by atoms with van der Waals surface area (Å²) in [4.78, 5) is 0. The van der Waals surface area contributed by atoms with Crippen LogP contribution in [0.15, 0.2) is 0 Å². The van der Waals surface area contributed by atoms with Gasteiger partial charge in [-0.15, -0.1) is 0 Å². The molecule has 74 valence electrons. The zero-order chi connectivity index (χ0) is 9.40. The molecular weight excluding hydrogens is 208 g/mol. The van der Waals surface area contributed by atoms with Gasteiger partial charge in [-0.2, -0.15) is 37.9 Å². The first-order valence-corrected chi connectivity index (χ1v) is 5.96. The van der Waals surface area contributed by atoms with E-state index >= 15 is 0 Å². The molecule has 0 aliphatic heterocycles. The van der Waals surface area contributed by atoms with Gasteiger partial charge in [0, 0.05) is 10.5 Å². The molecule has 0 aromatic rings. The van der Waals surface area contributed by atoms with Crippen LogP contribution in [0.4, 0.5) is 0 Å². The maximum atomic E-state index is 8.77. The Bertz CT molecular complexity index is 100. The highest BCUT2D eigenvalue weighted by Crippen LogP contribution is 2.16. The van der Waals surface area contributed by atoms with Gasteiger partial charge in [-0.3, -0.25) is 0 Å². The number of rotatable bonds is 7. The average Bonchev–Trinajstić information content (AvgIpc) is 2.10. The van der Waals surface area contributed by atoms with Crippen molar-refractivity contribution in [1.29, 1.82) is 0 Å². The van der Waals surface area contributed by atoms with Crippen molar-refractivity contribution in [2.24, 2.45) is 0 Å². The molecule has 2 unspecified atom stereocenters. The highest BCUT2D eigenvalue weighted by molar-refractivity contribution is 7.85. The minimum absolute atomic E-state index is 0.0179. The van der Waals surface area contributed by atoms with E-state index in [0.29, 0.717) is 0 Å². The van der Waals surface area contributed by atoms with Gasteiger partial charge in [0.2, 0.25) is 0 Å². The molecule has 0 bridgehead atoms. The number of thiol groups is 3. The zero-order valence-corrected chi connectivity index (χ0v) is 9.87. The average molecular weight is 226 g/mol. The maximum absolute atomic E-state index is 8.77. The van der Waals surface area contributed by atoms with Gasteiger partial charge in [-0.25, -0.2) is 0 Å². The fourth-order valence-corrected chi connectivity index (χ4v) is 1.61. The molecule has 0 heterocycles. The van der Waals surface area contributed by atoms with Gasteiger partial charge in [0.25, 0.3) is 0 Å². The van der Waals surface area contributed by atoms with Gasteiger partial charge in [-0.1, -0.05) is 12.8 Å². The topological polar surface area (TPSA) is 20.2 Å². The predicted octanol–water partition coefficient (Wildman–Crippen LogP) is 2.07. The molecule has 0 spiro atoms. The lowest BCUT2D eigenvalue weighted by atomic mass is 10.1. The van der Waals surface area contributed by atoms with E-state index in [1.807, 2.05) is 0 Å². The summed E-state index contributed by atoms with van der Waals surface area (Å²) >= 11 is 12.7. The van der Waals surface area contributed by atoms with Crippen molar-refractivity contribution in [3.8, 4) is 0 Å². The van der Waals surface area contributed by atoms with Crippen LogP contribution >= 0.6 is 37.9 Å². The van der Waals surface area contributed by atoms with Crippen LogP contribution in [0, 0.1) is 0 Å². The predicted molar refractivity (Wildman–Crippen MR) is 65.0 cm³/mol. The van der Waals surface area contributed by atoms with Crippen LogP contribution < -0.4 is 0 Å². The lowest BCUT2D eigenvalue weighted by Gasteiger charge is -2.15. The van der Waals surface area contributed by atoms with E-state index in [2.05, 4.69) is 37.9 Å². The van der Waals surface area contributed by atoms with E-state index < -0.39 is 0 Å². The highest BCUT2D eigenvalue weighted by atomic mass is 32.1. The molecular formula is C8H18OS3. The Morgan fingerprint density at radius 3 is 2.17 bits per heavy atom. The molecule has 0 saturated heterocycles. The van der Waals surface area contributed by atoms with Crippen LogP contribution in [0.5, 0.6) is 0 Å². The maximum Gasteiger partial charge on any atom is 0.0558 e.